The number of anilines is 2. The predicted octanol–water partition coefficient (Wildman–Crippen LogP) is -0.138. The van der Waals surface area contributed by atoms with Crippen molar-refractivity contribution in [3.05, 3.63) is 12.0 Å². The van der Waals surface area contributed by atoms with E-state index in [-0.39, 0.29) is 11.8 Å². The molecule has 1 aliphatic heterocycles. The molecule has 1 atom stereocenters. The Hall–Kier alpha value is -1.47. The van der Waals surface area contributed by atoms with Crippen LogP contribution in [-0.2, 0) is 0 Å². The Morgan fingerprint density at radius 1 is 1.69 bits per heavy atom. The Kier molecular flexibility index (Phi) is 2.64. The molecule has 1 aromatic heterocycles. The fourth-order valence-corrected chi connectivity index (χ4v) is 1.78. The Labute approximate surface area is 92.3 Å². The molecule has 0 spiro atoms. The molecule has 1 unspecified atom stereocenters. The normalized spacial score (nSPS) is 24.9. The lowest BCUT2D eigenvalue weighted by Crippen LogP contribution is -2.30. The van der Waals surface area contributed by atoms with E-state index in [1.165, 1.54) is 0 Å². The number of nitrogen functional groups attached to an aromatic ring is 1. The number of rotatable bonds is 2. The topological polar surface area (TPSA) is 87.3 Å². The number of hydrogen-bond acceptors (Lipinski definition) is 6. The van der Waals surface area contributed by atoms with Gasteiger partial charge < -0.3 is 10.0 Å². The molecule has 1 aliphatic rings. The van der Waals surface area contributed by atoms with Crippen LogP contribution < -0.4 is 16.2 Å². The molecule has 2 heterocycles. The molecule has 0 amide bonds. The van der Waals surface area contributed by atoms with Crippen molar-refractivity contribution in [3.63, 3.8) is 0 Å². The third kappa shape index (κ3) is 2.05. The molecule has 7 heteroatoms. The van der Waals surface area contributed by atoms with Gasteiger partial charge in [-0.05, 0) is 13.3 Å². The zero-order valence-corrected chi connectivity index (χ0v) is 8.94. The van der Waals surface area contributed by atoms with Gasteiger partial charge in [0.25, 0.3) is 0 Å². The highest BCUT2D eigenvalue weighted by molar-refractivity contribution is 5.45. The van der Waals surface area contributed by atoms with E-state index in [1.807, 2.05) is 0 Å². The van der Waals surface area contributed by atoms with Gasteiger partial charge in [0.2, 0.25) is 5.95 Å². The summed E-state index contributed by atoms with van der Waals surface area (Å²) in [6, 6.07) is 0. The lowest BCUT2D eigenvalue weighted by molar-refractivity contribution is 0.0838. The SMILES string of the molecule is CC1(O)CCN(c2nc(NN)ncc2F)C1. The van der Waals surface area contributed by atoms with Crippen LogP contribution in [0.25, 0.3) is 0 Å². The van der Waals surface area contributed by atoms with Crippen LogP contribution >= 0.6 is 0 Å². The molecule has 4 N–H and O–H groups in total. The van der Waals surface area contributed by atoms with Gasteiger partial charge in [-0.2, -0.15) is 4.98 Å². The fourth-order valence-electron chi connectivity index (χ4n) is 1.78. The Bertz CT molecular complexity index is 397. The summed E-state index contributed by atoms with van der Waals surface area (Å²) in [6.45, 7) is 2.63. The van der Waals surface area contributed by atoms with Gasteiger partial charge in [0.05, 0.1) is 11.8 Å². The Morgan fingerprint density at radius 3 is 3.00 bits per heavy atom. The van der Waals surface area contributed by atoms with Crippen LogP contribution in [0.5, 0.6) is 0 Å². The summed E-state index contributed by atoms with van der Waals surface area (Å²) in [6.07, 6.45) is 1.65. The highest BCUT2D eigenvalue weighted by atomic mass is 19.1. The van der Waals surface area contributed by atoms with Crippen LogP contribution in [0.3, 0.4) is 0 Å². The van der Waals surface area contributed by atoms with Crippen LogP contribution in [0.2, 0.25) is 0 Å². The molecule has 1 saturated heterocycles. The zero-order valence-electron chi connectivity index (χ0n) is 8.94. The van der Waals surface area contributed by atoms with Crippen LogP contribution in [0.4, 0.5) is 16.2 Å². The van der Waals surface area contributed by atoms with Gasteiger partial charge in [0, 0.05) is 13.1 Å². The van der Waals surface area contributed by atoms with E-state index in [0.29, 0.717) is 19.5 Å². The van der Waals surface area contributed by atoms with Crippen LogP contribution in [0, 0.1) is 5.82 Å². The van der Waals surface area contributed by atoms with Crippen molar-refractivity contribution in [2.45, 2.75) is 18.9 Å². The number of aromatic nitrogens is 2. The quantitative estimate of drug-likeness (QED) is 0.481. The lowest BCUT2D eigenvalue weighted by atomic mass is 10.1. The predicted molar refractivity (Wildman–Crippen MR) is 57.3 cm³/mol. The molecule has 0 radical (unpaired) electrons. The minimum Gasteiger partial charge on any atom is -0.388 e. The van der Waals surface area contributed by atoms with E-state index in [4.69, 9.17) is 5.84 Å². The molecule has 0 saturated carbocycles. The number of halogens is 1. The van der Waals surface area contributed by atoms with Gasteiger partial charge in [0.1, 0.15) is 0 Å². The summed E-state index contributed by atoms with van der Waals surface area (Å²) < 4.78 is 13.5. The van der Waals surface area contributed by atoms with Gasteiger partial charge in [-0.1, -0.05) is 0 Å². The number of hydrazine groups is 1. The first-order chi connectivity index (χ1) is 7.52. The van der Waals surface area contributed by atoms with Crippen molar-refractivity contribution in [1.82, 2.24) is 9.97 Å². The van der Waals surface area contributed by atoms with E-state index in [9.17, 15) is 9.50 Å². The fraction of sp³-hybridized carbons (Fsp3) is 0.556. The molecule has 0 aliphatic carbocycles. The average molecular weight is 227 g/mol. The molecule has 0 aromatic carbocycles. The number of nitrogens with one attached hydrogen (secondary N) is 1. The molecule has 0 bridgehead atoms. The summed E-state index contributed by atoms with van der Waals surface area (Å²) >= 11 is 0. The summed E-state index contributed by atoms with van der Waals surface area (Å²) in [5.41, 5.74) is 1.46. The third-order valence-electron chi connectivity index (χ3n) is 2.61. The first-order valence-electron chi connectivity index (χ1n) is 4.98. The molecular formula is C9H14FN5O. The van der Waals surface area contributed by atoms with E-state index in [1.54, 1.807) is 11.8 Å². The van der Waals surface area contributed by atoms with E-state index < -0.39 is 11.4 Å². The van der Waals surface area contributed by atoms with E-state index in [2.05, 4.69) is 15.4 Å². The Balaban J connectivity index is 2.27. The Morgan fingerprint density at radius 2 is 2.44 bits per heavy atom. The van der Waals surface area contributed by atoms with Gasteiger partial charge >= 0.3 is 0 Å². The smallest absolute Gasteiger partial charge is 0.239 e. The van der Waals surface area contributed by atoms with E-state index in [0.717, 1.165) is 6.20 Å². The largest absolute Gasteiger partial charge is 0.388 e. The maximum Gasteiger partial charge on any atom is 0.239 e. The summed E-state index contributed by atoms with van der Waals surface area (Å²) in [4.78, 5) is 9.26. The standard InChI is InChI=1S/C9H14FN5O/c1-9(16)2-3-15(5-9)7-6(10)4-12-8(13-7)14-11/h4,16H,2-3,5,11H2,1H3,(H,12,13,14). The van der Waals surface area contributed by atoms with Gasteiger partial charge in [-0.3, -0.25) is 5.43 Å². The zero-order chi connectivity index (χ0) is 11.8. The summed E-state index contributed by atoms with van der Waals surface area (Å²) in [5.74, 6) is 4.96. The number of hydrogen-bond donors (Lipinski definition) is 3. The van der Waals surface area contributed by atoms with Crippen molar-refractivity contribution >= 4 is 11.8 Å². The monoisotopic (exact) mass is 227 g/mol. The van der Waals surface area contributed by atoms with Crippen molar-refractivity contribution < 1.29 is 9.50 Å². The highest BCUT2D eigenvalue weighted by Gasteiger charge is 2.33. The number of aliphatic hydroxyl groups is 1. The number of β-amino-alcohol motifs (C(OH)–C–C–N with tert-alkyl or cyclic N) is 1. The van der Waals surface area contributed by atoms with Crippen molar-refractivity contribution in [2.75, 3.05) is 23.4 Å². The molecule has 16 heavy (non-hydrogen) atoms. The molecule has 1 fully saturated rings. The lowest BCUT2D eigenvalue weighted by Gasteiger charge is -2.20. The molecule has 88 valence electrons. The van der Waals surface area contributed by atoms with Gasteiger partial charge in [0.15, 0.2) is 11.6 Å². The number of nitrogens with zero attached hydrogens (tertiary/aromatic N) is 3. The van der Waals surface area contributed by atoms with Crippen molar-refractivity contribution in [1.29, 1.82) is 0 Å². The third-order valence-corrected chi connectivity index (χ3v) is 2.61. The second-order valence-corrected chi connectivity index (χ2v) is 4.18. The maximum atomic E-state index is 13.5. The second kappa shape index (κ2) is 3.84. The second-order valence-electron chi connectivity index (χ2n) is 4.18. The molecular weight excluding hydrogens is 213 g/mol. The summed E-state index contributed by atoms with van der Waals surface area (Å²) in [7, 11) is 0. The minimum absolute atomic E-state index is 0.156. The van der Waals surface area contributed by atoms with Crippen molar-refractivity contribution in [3.8, 4) is 0 Å². The number of nitrogens with two attached hydrogens (primary N) is 1. The summed E-state index contributed by atoms with van der Waals surface area (Å²) in [5, 5.41) is 9.80. The highest BCUT2D eigenvalue weighted by Crippen LogP contribution is 2.26. The van der Waals surface area contributed by atoms with Crippen LogP contribution in [-0.4, -0.2) is 33.8 Å². The maximum absolute atomic E-state index is 13.5. The minimum atomic E-state index is -0.798. The van der Waals surface area contributed by atoms with Crippen molar-refractivity contribution in [2.24, 2.45) is 5.84 Å². The van der Waals surface area contributed by atoms with Crippen LogP contribution in [0.1, 0.15) is 13.3 Å². The van der Waals surface area contributed by atoms with E-state index >= 15 is 0 Å². The average Bonchev–Trinajstić information content (AvgIpc) is 2.59. The first-order valence-corrected chi connectivity index (χ1v) is 4.98. The molecule has 1 aromatic rings. The van der Waals surface area contributed by atoms with Gasteiger partial charge in [-0.25, -0.2) is 15.2 Å². The van der Waals surface area contributed by atoms with Gasteiger partial charge in [-0.15, -0.1) is 0 Å². The first kappa shape index (κ1) is 11.0. The molecule has 6 nitrogen and oxygen atoms in total. The molecule has 2 rings (SSSR count). The van der Waals surface area contributed by atoms with Crippen LogP contribution in [0.15, 0.2) is 6.20 Å².